The van der Waals surface area contributed by atoms with Gasteiger partial charge in [0, 0.05) is 6.42 Å². The van der Waals surface area contributed by atoms with E-state index in [-0.39, 0.29) is 12.0 Å². The van der Waals surface area contributed by atoms with Crippen molar-refractivity contribution in [2.24, 2.45) is 0 Å². The minimum absolute atomic E-state index is 0.0850. The number of pyridine rings is 1. The van der Waals surface area contributed by atoms with Gasteiger partial charge in [0.25, 0.3) is 0 Å². The van der Waals surface area contributed by atoms with E-state index in [1.165, 1.54) is 13.3 Å². The van der Waals surface area contributed by atoms with Gasteiger partial charge in [-0.25, -0.2) is 4.39 Å². The van der Waals surface area contributed by atoms with Crippen molar-refractivity contribution in [1.82, 2.24) is 10.3 Å². The zero-order valence-electron chi connectivity index (χ0n) is 16.2. The van der Waals surface area contributed by atoms with E-state index in [4.69, 9.17) is 4.74 Å². The molecule has 2 aromatic rings. The molecule has 1 atom stereocenters. The summed E-state index contributed by atoms with van der Waals surface area (Å²) in [6.07, 6.45) is 1.73. The number of halogens is 4. The summed E-state index contributed by atoms with van der Waals surface area (Å²) in [6, 6.07) is 5.75. The number of ether oxygens (including phenoxy) is 1. The van der Waals surface area contributed by atoms with E-state index >= 15 is 0 Å². The maximum absolute atomic E-state index is 14.2. The Kier molecular flexibility index (Phi) is 6.97. The van der Waals surface area contributed by atoms with Crippen LogP contribution in [0.15, 0.2) is 73.5 Å². The molecule has 1 aromatic heterocycles. The van der Waals surface area contributed by atoms with Gasteiger partial charge in [-0.1, -0.05) is 31.4 Å². The van der Waals surface area contributed by atoms with Gasteiger partial charge in [0.1, 0.15) is 11.6 Å². The van der Waals surface area contributed by atoms with Crippen molar-refractivity contribution in [3.8, 4) is 5.75 Å². The highest BCUT2D eigenvalue weighted by Gasteiger charge is 2.38. The van der Waals surface area contributed by atoms with Crippen LogP contribution in [0.3, 0.4) is 0 Å². The number of alkyl halides is 3. The van der Waals surface area contributed by atoms with Crippen molar-refractivity contribution in [3.05, 3.63) is 96.1 Å². The Morgan fingerprint density at radius 3 is 2.34 bits per heavy atom. The molecule has 0 spiro atoms. The van der Waals surface area contributed by atoms with Gasteiger partial charge in [-0.3, -0.25) is 4.98 Å². The lowest BCUT2D eigenvalue weighted by atomic mass is 9.79. The largest absolute Gasteiger partial charge is 0.495 e. The number of methoxy groups -OCH3 is 1. The first-order valence-corrected chi connectivity index (χ1v) is 8.72. The first-order chi connectivity index (χ1) is 13.7. The van der Waals surface area contributed by atoms with Crippen LogP contribution in [0.4, 0.5) is 17.6 Å². The normalized spacial score (nSPS) is 14.2. The highest BCUT2D eigenvalue weighted by Crippen LogP contribution is 2.39. The van der Waals surface area contributed by atoms with Gasteiger partial charge in [-0.2, -0.15) is 13.2 Å². The van der Waals surface area contributed by atoms with Gasteiger partial charge < -0.3 is 10.1 Å². The van der Waals surface area contributed by atoms with Crippen LogP contribution in [0.1, 0.15) is 23.2 Å². The number of benzene rings is 1. The molecule has 1 aromatic carbocycles. The van der Waals surface area contributed by atoms with Gasteiger partial charge in [0.15, 0.2) is 0 Å². The summed E-state index contributed by atoms with van der Waals surface area (Å²) in [5.41, 5.74) is -1.16. The van der Waals surface area contributed by atoms with E-state index in [0.717, 1.165) is 12.1 Å². The minimum Gasteiger partial charge on any atom is -0.495 e. The standard InChI is InChI=1S/C22H22F4N2O/c1-5-7-15(6-2)13-21(27-3,20-9-8-19(29-4)14-28-20)16-10-17(22(24,25)26)12-18(23)11-16/h5-12,14,27H,1-2,13H2,3-4H3/b15-7+. The van der Waals surface area contributed by atoms with Crippen molar-refractivity contribution in [2.45, 2.75) is 18.1 Å². The Morgan fingerprint density at radius 2 is 1.86 bits per heavy atom. The van der Waals surface area contributed by atoms with Gasteiger partial charge in [-0.05, 0) is 48.5 Å². The molecule has 3 nitrogen and oxygen atoms in total. The third-order valence-corrected chi connectivity index (χ3v) is 4.62. The van der Waals surface area contributed by atoms with Gasteiger partial charge in [0.2, 0.25) is 0 Å². The van der Waals surface area contributed by atoms with Crippen LogP contribution in [0.5, 0.6) is 5.75 Å². The second-order valence-electron chi connectivity index (χ2n) is 6.32. The average molecular weight is 406 g/mol. The highest BCUT2D eigenvalue weighted by atomic mass is 19.4. The van der Waals surface area contributed by atoms with Crippen molar-refractivity contribution < 1.29 is 22.3 Å². The smallest absolute Gasteiger partial charge is 0.416 e. The Morgan fingerprint density at radius 1 is 1.17 bits per heavy atom. The number of nitrogens with one attached hydrogen (secondary N) is 1. The zero-order chi connectivity index (χ0) is 21.7. The van der Waals surface area contributed by atoms with Crippen molar-refractivity contribution in [1.29, 1.82) is 0 Å². The molecule has 154 valence electrons. The first kappa shape index (κ1) is 22.4. The lowest BCUT2D eigenvalue weighted by Gasteiger charge is -2.35. The third kappa shape index (κ3) is 4.92. The Balaban J connectivity index is 2.78. The Labute approximate surface area is 167 Å². The predicted molar refractivity (Wildman–Crippen MR) is 105 cm³/mol. The molecule has 0 aliphatic rings. The molecular formula is C22H22F4N2O. The monoisotopic (exact) mass is 406 g/mol. The van der Waals surface area contributed by atoms with E-state index in [1.807, 2.05) is 0 Å². The molecule has 0 amide bonds. The lowest BCUT2D eigenvalue weighted by molar-refractivity contribution is -0.137. The molecule has 0 saturated heterocycles. The van der Waals surface area contributed by atoms with E-state index in [1.54, 1.807) is 37.4 Å². The second kappa shape index (κ2) is 9.05. The topological polar surface area (TPSA) is 34.1 Å². The van der Waals surface area contributed by atoms with E-state index in [9.17, 15) is 17.6 Å². The molecule has 0 bridgehead atoms. The van der Waals surface area contributed by atoms with Crippen LogP contribution in [0.25, 0.3) is 0 Å². The first-order valence-electron chi connectivity index (χ1n) is 8.72. The van der Waals surface area contributed by atoms with Crippen LogP contribution in [0, 0.1) is 5.82 Å². The molecule has 1 N–H and O–H groups in total. The quantitative estimate of drug-likeness (QED) is 0.471. The fourth-order valence-corrected chi connectivity index (χ4v) is 3.11. The molecule has 0 aliphatic heterocycles. The summed E-state index contributed by atoms with van der Waals surface area (Å²) in [6.45, 7) is 7.40. The fourth-order valence-electron chi connectivity index (χ4n) is 3.11. The number of aromatic nitrogens is 1. The van der Waals surface area contributed by atoms with Gasteiger partial charge >= 0.3 is 6.18 Å². The predicted octanol–water partition coefficient (Wildman–Crippen LogP) is 5.40. The third-order valence-electron chi connectivity index (χ3n) is 4.62. The van der Waals surface area contributed by atoms with Crippen LogP contribution < -0.4 is 10.1 Å². The number of hydrogen-bond donors (Lipinski definition) is 1. The van der Waals surface area contributed by atoms with E-state index in [0.29, 0.717) is 23.1 Å². The summed E-state index contributed by atoms with van der Waals surface area (Å²) in [5, 5.41) is 3.05. The van der Waals surface area contributed by atoms with Crippen molar-refractivity contribution >= 4 is 0 Å². The molecule has 2 rings (SSSR count). The summed E-state index contributed by atoms with van der Waals surface area (Å²) in [5.74, 6) is -0.504. The molecule has 1 heterocycles. The van der Waals surface area contributed by atoms with Crippen LogP contribution >= 0.6 is 0 Å². The second-order valence-corrected chi connectivity index (χ2v) is 6.32. The summed E-state index contributed by atoms with van der Waals surface area (Å²) in [7, 11) is 3.06. The van der Waals surface area contributed by atoms with E-state index < -0.39 is 23.1 Å². The molecule has 1 unspecified atom stereocenters. The SMILES string of the molecule is C=C/C=C(\C=C)CC(NC)(c1cc(F)cc(C(F)(F)F)c1)c1ccc(OC)cn1. The lowest BCUT2D eigenvalue weighted by Crippen LogP contribution is -2.42. The fraction of sp³-hybridized carbons (Fsp3) is 0.227. The van der Waals surface area contributed by atoms with Gasteiger partial charge in [0.05, 0.1) is 30.1 Å². The Hall–Kier alpha value is -2.93. The molecule has 0 radical (unpaired) electrons. The molecule has 0 aliphatic carbocycles. The molecule has 0 saturated carbocycles. The number of hydrogen-bond acceptors (Lipinski definition) is 3. The van der Waals surface area contributed by atoms with Crippen LogP contribution in [-0.4, -0.2) is 19.1 Å². The summed E-state index contributed by atoms with van der Waals surface area (Å²) >= 11 is 0. The number of allylic oxidation sites excluding steroid dienone is 3. The maximum atomic E-state index is 14.2. The maximum Gasteiger partial charge on any atom is 0.416 e. The van der Waals surface area contributed by atoms with E-state index in [2.05, 4.69) is 23.5 Å². The molecular weight excluding hydrogens is 384 g/mol. The van der Waals surface area contributed by atoms with Crippen LogP contribution in [0.2, 0.25) is 0 Å². The average Bonchev–Trinajstić information content (AvgIpc) is 2.70. The molecule has 0 fully saturated rings. The molecule has 29 heavy (non-hydrogen) atoms. The van der Waals surface area contributed by atoms with Crippen LogP contribution in [-0.2, 0) is 11.7 Å². The zero-order valence-corrected chi connectivity index (χ0v) is 16.2. The highest BCUT2D eigenvalue weighted by molar-refractivity contribution is 5.42. The number of nitrogens with zero attached hydrogens (tertiary/aromatic N) is 1. The van der Waals surface area contributed by atoms with Crippen molar-refractivity contribution in [2.75, 3.05) is 14.2 Å². The molecule has 7 heteroatoms. The minimum atomic E-state index is -4.69. The van der Waals surface area contributed by atoms with Gasteiger partial charge in [-0.15, -0.1) is 0 Å². The Bertz CT molecular complexity index is 904. The summed E-state index contributed by atoms with van der Waals surface area (Å²) < 4.78 is 59.3. The number of rotatable bonds is 8. The summed E-state index contributed by atoms with van der Waals surface area (Å²) in [4.78, 5) is 4.36. The van der Waals surface area contributed by atoms with Crippen molar-refractivity contribution in [3.63, 3.8) is 0 Å².